The summed E-state index contributed by atoms with van der Waals surface area (Å²) in [5.74, 6) is 1.00. The maximum atomic E-state index is 4.25. The van der Waals surface area contributed by atoms with Gasteiger partial charge in [-0.25, -0.2) is 0 Å². The Morgan fingerprint density at radius 3 is 1.25 bits per heavy atom. The molecular formula is C35H65N. The van der Waals surface area contributed by atoms with Crippen molar-refractivity contribution in [3.63, 3.8) is 0 Å². The summed E-state index contributed by atoms with van der Waals surface area (Å²) in [5.41, 5.74) is 3.59. The highest BCUT2D eigenvalue weighted by Gasteiger charge is 2.25. The van der Waals surface area contributed by atoms with E-state index < -0.39 is 0 Å². The molecule has 1 saturated carbocycles. The predicted molar refractivity (Wildman–Crippen MR) is 168 cm³/mol. The van der Waals surface area contributed by atoms with Crippen LogP contribution >= 0.6 is 0 Å². The van der Waals surface area contributed by atoms with Crippen molar-refractivity contribution in [3.05, 3.63) is 66.0 Å². The molecular weight excluding hydrogens is 434 g/mol. The zero-order valence-corrected chi connectivity index (χ0v) is 27.3. The zero-order chi connectivity index (χ0) is 28.8. The fraction of sp³-hybridized carbons (Fsp3) is 0.686. The molecule has 1 aromatic heterocycles. The molecule has 1 aliphatic rings. The number of benzene rings is 1. The average Bonchev–Trinajstić information content (AvgIpc) is 2.89. The summed E-state index contributed by atoms with van der Waals surface area (Å²) in [4.78, 5) is 4.25. The zero-order valence-electron chi connectivity index (χ0n) is 27.3. The maximum absolute atomic E-state index is 4.25. The number of hydrogen-bond donors (Lipinski definition) is 0. The third-order valence-corrected chi connectivity index (χ3v) is 5.90. The van der Waals surface area contributed by atoms with Gasteiger partial charge in [-0.05, 0) is 47.3 Å². The topological polar surface area (TPSA) is 12.9 Å². The standard InChI is InChI=1S/C10H20.C10H14.C9H13N.3C2H6/c2*1-10(2,3)9-7-5-4-6-8-9;1-9(2,3)8-6-4-5-7-10-8;3*1-2/h9H,4-8H2,1-3H3;4-8H,1-3H3;4-7H,1-3H3;3*1-2H3. The molecule has 0 atom stereocenters. The molecule has 0 amide bonds. The van der Waals surface area contributed by atoms with E-state index in [2.05, 4.69) is 104 Å². The molecule has 1 heteroatoms. The second kappa shape index (κ2) is 21.5. The predicted octanol–water partition coefficient (Wildman–Crippen LogP) is 12.1. The molecule has 0 N–H and O–H groups in total. The first kappa shape index (κ1) is 38.9. The number of nitrogens with zero attached hydrogens (tertiary/aromatic N) is 1. The Bertz CT molecular complexity index is 626. The van der Waals surface area contributed by atoms with Gasteiger partial charge in [0.05, 0.1) is 0 Å². The SMILES string of the molecule is CC.CC.CC.CC(C)(C)C1CCCCC1.CC(C)(C)c1ccccc1.CC(C)(C)c1ccccn1. The van der Waals surface area contributed by atoms with Gasteiger partial charge >= 0.3 is 0 Å². The number of aromatic nitrogens is 1. The van der Waals surface area contributed by atoms with Crippen molar-refractivity contribution in [2.75, 3.05) is 0 Å². The highest BCUT2D eigenvalue weighted by atomic mass is 14.7. The van der Waals surface area contributed by atoms with Crippen LogP contribution in [0.5, 0.6) is 0 Å². The monoisotopic (exact) mass is 500 g/mol. The summed E-state index contributed by atoms with van der Waals surface area (Å²) in [6.07, 6.45) is 9.21. The molecule has 0 saturated heterocycles. The van der Waals surface area contributed by atoms with Crippen LogP contribution in [0.1, 0.15) is 147 Å². The largest absolute Gasteiger partial charge is 0.261 e. The van der Waals surface area contributed by atoms with Crippen LogP contribution in [0.2, 0.25) is 0 Å². The minimum absolute atomic E-state index is 0.182. The summed E-state index contributed by atoms with van der Waals surface area (Å²) in [6, 6.07) is 16.6. The molecule has 0 spiro atoms. The van der Waals surface area contributed by atoms with Gasteiger partial charge in [0.15, 0.2) is 0 Å². The third-order valence-electron chi connectivity index (χ3n) is 5.90. The van der Waals surface area contributed by atoms with Crippen molar-refractivity contribution >= 4 is 0 Å². The fourth-order valence-electron chi connectivity index (χ4n) is 3.71. The fourth-order valence-corrected chi connectivity index (χ4v) is 3.71. The lowest BCUT2D eigenvalue weighted by atomic mass is 9.72. The molecule has 3 rings (SSSR count). The lowest BCUT2D eigenvalue weighted by molar-refractivity contribution is 0.180. The van der Waals surface area contributed by atoms with Crippen molar-refractivity contribution in [3.8, 4) is 0 Å². The van der Waals surface area contributed by atoms with Gasteiger partial charge in [-0.15, -0.1) is 0 Å². The first-order chi connectivity index (χ1) is 16.8. The van der Waals surface area contributed by atoms with Gasteiger partial charge in [0.2, 0.25) is 0 Å². The van der Waals surface area contributed by atoms with Gasteiger partial charge < -0.3 is 0 Å². The van der Waals surface area contributed by atoms with Crippen molar-refractivity contribution in [1.29, 1.82) is 0 Å². The Morgan fingerprint density at radius 2 is 1.00 bits per heavy atom. The summed E-state index contributed by atoms with van der Waals surface area (Å²) in [7, 11) is 0. The summed E-state index contributed by atoms with van der Waals surface area (Å²) >= 11 is 0. The summed E-state index contributed by atoms with van der Waals surface area (Å²) in [5, 5.41) is 0. The summed E-state index contributed by atoms with van der Waals surface area (Å²) < 4.78 is 0. The second-order valence-electron chi connectivity index (χ2n) is 11.8. The van der Waals surface area contributed by atoms with E-state index in [0.717, 1.165) is 11.6 Å². The van der Waals surface area contributed by atoms with E-state index in [4.69, 9.17) is 0 Å². The number of rotatable bonds is 0. The molecule has 210 valence electrons. The van der Waals surface area contributed by atoms with Gasteiger partial charge in [0.25, 0.3) is 0 Å². The van der Waals surface area contributed by atoms with Crippen LogP contribution in [0.4, 0.5) is 0 Å². The van der Waals surface area contributed by atoms with Crippen LogP contribution in [0, 0.1) is 11.3 Å². The van der Waals surface area contributed by atoms with Crippen LogP contribution < -0.4 is 0 Å². The van der Waals surface area contributed by atoms with E-state index in [-0.39, 0.29) is 5.41 Å². The van der Waals surface area contributed by atoms with Crippen LogP contribution in [0.3, 0.4) is 0 Å². The molecule has 2 aromatic rings. The van der Waals surface area contributed by atoms with Crippen LogP contribution in [-0.2, 0) is 10.8 Å². The maximum Gasteiger partial charge on any atom is 0.0457 e. The number of hydrogen-bond acceptors (Lipinski definition) is 1. The molecule has 1 aromatic carbocycles. The normalized spacial score (nSPS) is 13.3. The van der Waals surface area contributed by atoms with Crippen LogP contribution in [0.15, 0.2) is 54.7 Å². The van der Waals surface area contributed by atoms with Gasteiger partial charge in [-0.2, -0.15) is 0 Å². The Morgan fingerprint density at radius 1 is 0.556 bits per heavy atom. The first-order valence-corrected chi connectivity index (χ1v) is 14.8. The van der Waals surface area contributed by atoms with Gasteiger partial charge in [0, 0.05) is 17.3 Å². The van der Waals surface area contributed by atoms with E-state index in [1.54, 1.807) is 0 Å². The Hall–Kier alpha value is -1.63. The van der Waals surface area contributed by atoms with Crippen molar-refractivity contribution in [2.45, 2.75) is 147 Å². The van der Waals surface area contributed by atoms with Gasteiger partial charge in [0.1, 0.15) is 0 Å². The molecule has 0 aliphatic heterocycles. The quantitative estimate of drug-likeness (QED) is 0.351. The molecule has 0 bridgehead atoms. The molecule has 1 fully saturated rings. The minimum Gasteiger partial charge on any atom is -0.261 e. The highest BCUT2D eigenvalue weighted by Crippen LogP contribution is 2.37. The van der Waals surface area contributed by atoms with Crippen molar-refractivity contribution < 1.29 is 0 Å². The minimum atomic E-state index is 0.182. The van der Waals surface area contributed by atoms with Crippen molar-refractivity contribution in [1.82, 2.24) is 4.98 Å². The molecule has 0 unspecified atom stereocenters. The van der Waals surface area contributed by atoms with E-state index >= 15 is 0 Å². The Balaban J connectivity index is -0.000000410. The van der Waals surface area contributed by atoms with E-state index in [1.165, 1.54) is 37.7 Å². The molecule has 0 radical (unpaired) electrons. The van der Waals surface area contributed by atoms with Gasteiger partial charge in [-0.1, -0.05) is 160 Å². The highest BCUT2D eigenvalue weighted by molar-refractivity contribution is 5.22. The average molecular weight is 500 g/mol. The molecule has 1 heterocycles. The van der Waals surface area contributed by atoms with Crippen molar-refractivity contribution in [2.24, 2.45) is 11.3 Å². The third kappa shape index (κ3) is 19.5. The molecule has 1 aliphatic carbocycles. The smallest absolute Gasteiger partial charge is 0.0457 e. The molecule has 1 nitrogen and oxygen atoms in total. The van der Waals surface area contributed by atoms with E-state index in [1.807, 2.05) is 59.9 Å². The Labute approximate surface area is 228 Å². The molecule has 36 heavy (non-hydrogen) atoms. The van der Waals surface area contributed by atoms with Gasteiger partial charge in [-0.3, -0.25) is 4.98 Å². The Kier molecular flexibility index (Phi) is 23.2. The van der Waals surface area contributed by atoms with E-state index in [9.17, 15) is 0 Å². The lowest BCUT2D eigenvalue weighted by Crippen LogP contribution is -2.22. The first-order valence-electron chi connectivity index (χ1n) is 14.8. The van der Waals surface area contributed by atoms with Crippen LogP contribution in [-0.4, -0.2) is 4.98 Å². The lowest BCUT2D eigenvalue weighted by Gasteiger charge is -2.33. The van der Waals surface area contributed by atoms with Crippen LogP contribution in [0.25, 0.3) is 0 Å². The summed E-state index contributed by atoms with van der Waals surface area (Å²) in [6.45, 7) is 32.3. The number of pyridine rings is 1. The second-order valence-corrected chi connectivity index (χ2v) is 11.8. The van der Waals surface area contributed by atoms with E-state index in [0.29, 0.717) is 10.8 Å².